The molecule has 2 N–H and O–H groups in total. The summed E-state index contributed by atoms with van der Waals surface area (Å²) in [4.78, 5) is 15.4. The molecule has 1 heterocycles. The molecule has 2 aromatic carbocycles. The maximum atomic E-state index is 12.9. The highest BCUT2D eigenvalue weighted by Crippen LogP contribution is 2.26. The van der Waals surface area contributed by atoms with Crippen molar-refractivity contribution in [1.29, 1.82) is 0 Å². The molecule has 0 fully saturated rings. The Labute approximate surface area is 145 Å². The number of carboxylic acid groups (broad SMARTS) is 1. The Balaban J connectivity index is 2.10. The number of pyridine rings is 1. The van der Waals surface area contributed by atoms with Crippen LogP contribution < -0.4 is 4.72 Å². The molecule has 0 unspecified atom stereocenters. The number of aromatic carboxylic acids is 1. The molecule has 128 valence electrons. The molecule has 0 aliphatic heterocycles. The highest BCUT2D eigenvalue weighted by molar-refractivity contribution is 7.92. The number of hydrogen-bond donors (Lipinski definition) is 2. The maximum Gasteiger partial charge on any atom is 0.335 e. The number of para-hydroxylation sites is 1. The van der Waals surface area contributed by atoms with E-state index in [-0.39, 0.29) is 10.5 Å². The van der Waals surface area contributed by atoms with Crippen LogP contribution >= 0.6 is 0 Å². The zero-order valence-electron chi connectivity index (χ0n) is 13.4. The second-order valence-corrected chi connectivity index (χ2v) is 7.12. The fraction of sp³-hybridized carbons (Fsp3) is 0.111. The van der Waals surface area contributed by atoms with Crippen molar-refractivity contribution in [2.24, 2.45) is 0 Å². The van der Waals surface area contributed by atoms with Gasteiger partial charge in [-0.25, -0.2) is 13.2 Å². The van der Waals surface area contributed by atoms with E-state index in [2.05, 4.69) is 9.71 Å². The highest BCUT2D eigenvalue weighted by atomic mass is 32.2. The van der Waals surface area contributed by atoms with Crippen molar-refractivity contribution in [1.82, 2.24) is 4.98 Å². The molecule has 3 aromatic rings. The molecule has 1 aromatic heterocycles. The van der Waals surface area contributed by atoms with Gasteiger partial charge in [-0.05, 0) is 36.2 Å². The van der Waals surface area contributed by atoms with Gasteiger partial charge >= 0.3 is 5.97 Å². The first-order valence-electron chi connectivity index (χ1n) is 7.65. The molecule has 0 atom stereocenters. The molecule has 0 saturated heterocycles. The third-order valence-corrected chi connectivity index (χ3v) is 5.31. The molecule has 0 bridgehead atoms. The van der Waals surface area contributed by atoms with Gasteiger partial charge in [-0.1, -0.05) is 31.2 Å². The molecule has 0 saturated carbocycles. The summed E-state index contributed by atoms with van der Waals surface area (Å²) >= 11 is 0. The molecule has 0 aliphatic carbocycles. The molecule has 0 aliphatic rings. The summed E-state index contributed by atoms with van der Waals surface area (Å²) in [6, 6.07) is 12.9. The first kappa shape index (κ1) is 16.9. The van der Waals surface area contributed by atoms with E-state index in [4.69, 9.17) is 5.11 Å². The van der Waals surface area contributed by atoms with Gasteiger partial charge in [-0.15, -0.1) is 0 Å². The van der Waals surface area contributed by atoms with Crippen LogP contribution in [0.1, 0.15) is 22.8 Å². The Bertz CT molecular complexity index is 1060. The Morgan fingerprint density at radius 1 is 1.16 bits per heavy atom. The second kappa shape index (κ2) is 6.52. The SMILES string of the molecule is CCc1ccc(C(=O)O)cc1S(=O)(=O)Nc1cccc2cccnc12. The van der Waals surface area contributed by atoms with Crippen molar-refractivity contribution in [3.05, 3.63) is 65.9 Å². The van der Waals surface area contributed by atoms with Crippen LogP contribution in [-0.2, 0) is 16.4 Å². The molecule has 0 radical (unpaired) electrons. The Hall–Kier alpha value is -2.93. The van der Waals surface area contributed by atoms with E-state index < -0.39 is 16.0 Å². The number of aromatic nitrogens is 1. The van der Waals surface area contributed by atoms with Crippen LogP contribution in [-0.4, -0.2) is 24.5 Å². The largest absolute Gasteiger partial charge is 0.478 e. The summed E-state index contributed by atoms with van der Waals surface area (Å²) < 4.78 is 28.3. The van der Waals surface area contributed by atoms with E-state index in [0.717, 1.165) is 5.39 Å². The lowest BCUT2D eigenvalue weighted by molar-refractivity contribution is 0.0696. The lowest BCUT2D eigenvalue weighted by Crippen LogP contribution is -2.16. The average Bonchev–Trinajstić information content (AvgIpc) is 2.61. The van der Waals surface area contributed by atoms with Gasteiger partial charge < -0.3 is 5.11 Å². The first-order chi connectivity index (χ1) is 11.9. The monoisotopic (exact) mass is 356 g/mol. The summed E-state index contributed by atoms with van der Waals surface area (Å²) in [5.41, 5.74) is 1.35. The Kier molecular flexibility index (Phi) is 4.41. The van der Waals surface area contributed by atoms with E-state index in [1.807, 2.05) is 19.1 Å². The molecule has 6 nitrogen and oxygen atoms in total. The van der Waals surface area contributed by atoms with Crippen molar-refractivity contribution in [3.8, 4) is 0 Å². The van der Waals surface area contributed by atoms with Gasteiger partial charge in [0.05, 0.1) is 21.7 Å². The predicted octanol–water partition coefficient (Wildman–Crippen LogP) is 3.30. The number of nitrogens with zero attached hydrogens (tertiary/aromatic N) is 1. The van der Waals surface area contributed by atoms with Crippen molar-refractivity contribution < 1.29 is 18.3 Å². The third kappa shape index (κ3) is 3.32. The summed E-state index contributed by atoms with van der Waals surface area (Å²) in [6.45, 7) is 1.81. The van der Waals surface area contributed by atoms with Gasteiger partial charge in [-0.2, -0.15) is 0 Å². The van der Waals surface area contributed by atoms with Gasteiger partial charge in [0.2, 0.25) is 0 Å². The molecule has 25 heavy (non-hydrogen) atoms. The number of aryl methyl sites for hydroxylation is 1. The number of sulfonamides is 1. The number of carbonyl (C=O) groups is 1. The van der Waals surface area contributed by atoms with Crippen molar-refractivity contribution >= 4 is 32.6 Å². The van der Waals surface area contributed by atoms with Crippen LogP contribution in [0.25, 0.3) is 10.9 Å². The standard InChI is InChI=1S/C18H16N2O4S/c1-2-12-8-9-14(18(21)22)11-16(12)25(23,24)20-15-7-3-5-13-6-4-10-19-17(13)15/h3-11,20H,2H2,1H3,(H,21,22). The maximum absolute atomic E-state index is 12.9. The van der Waals surface area contributed by atoms with Crippen LogP contribution in [0.3, 0.4) is 0 Å². The highest BCUT2D eigenvalue weighted by Gasteiger charge is 2.21. The van der Waals surface area contributed by atoms with Crippen LogP contribution in [0.5, 0.6) is 0 Å². The minimum absolute atomic E-state index is 0.0390. The first-order valence-corrected chi connectivity index (χ1v) is 9.13. The Morgan fingerprint density at radius 2 is 1.92 bits per heavy atom. The minimum atomic E-state index is -3.96. The number of rotatable bonds is 5. The zero-order chi connectivity index (χ0) is 18.0. The lowest BCUT2D eigenvalue weighted by atomic mass is 10.1. The fourth-order valence-electron chi connectivity index (χ4n) is 2.62. The van der Waals surface area contributed by atoms with Crippen LogP contribution in [0.4, 0.5) is 5.69 Å². The Morgan fingerprint density at radius 3 is 2.64 bits per heavy atom. The van der Waals surface area contributed by atoms with Gasteiger partial charge in [0.25, 0.3) is 10.0 Å². The molecule has 3 rings (SSSR count). The number of hydrogen-bond acceptors (Lipinski definition) is 4. The van der Waals surface area contributed by atoms with Gasteiger partial charge in [-0.3, -0.25) is 9.71 Å². The molecule has 0 spiro atoms. The minimum Gasteiger partial charge on any atom is -0.478 e. The number of anilines is 1. The quantitative estimate of drug-likeness (QED) is 0.731. The zero-order valence-corrected chi connectivity index (χ0v) is 14.2. The van der Waals surface area contributed by atoms with Crippen molar-refractivity contribution in [2.75, 3.05) is 4.72 Å². The third-order valence-electron chi connectivity index (χ3n) is 3.86. The molecular formula is C18H16N2O4S. The van der Waals surface area contributed by atoms with Crippen LogP contribution in [0.2, 0.25) is 0 Å². The predicted molar refractivity (Wildman–Crippen MR) is 95.3 cm³/mol. The summed E-state index contributed by atoms with van der Waals surface area (Å²) in [7, 11) is -3.96. The van der Waals surface area contributed by atoms with Crippen molar-refractivity contribution in [3.63, 3.8) is 0 Å². The topological polar surface area (TPSA) is 96.4 Å². The normalized spacial score (nSPS) is 11.4. The number of fused-ring (bicyclic) bond motifs is 1. The summed E-state index contributed by atoms with van der Waals surface area (Å²) in [5, 5.41) is 9.95. The average molecular weight is 356 g/mol. The molecule has 7 heteroatoms. The van der Waals surface area contributed by atoms with E-state index >= 15 is 0 Å². The number of nitrogens with one attached hydrogen (secondary N) is 1. The molecular weight excluding hydrogens is 340 g/mol. The van der Waals surface area contributed by atoms with Gasteiger partial charge in [0.1, 0.15) is 0 Å². The number of benzene rings is 2. The van der Waals surface area contributed by atoms with E-state index in [1.54, 1.807) is 24.4 Å². The summed E-state index contributed by atoms with van der Waals surface area (Å²) in [6.07, 6.45) is 2.05. The second-order valence-electron chi connectivity index (χ2n) is 5.47. The summed E-state index contributed by atoms with van der Waals surface area (Å²) in [5.74, 6) is -1.18. The van der Waals surface area contributed by atoms with E-state index in [9.17, 15) is 13.2 Å². The van der Waals surface area contributed by atoms with E-state index in [0.29, 0.717) is 23.2 Å². The van der Waals surface area contributed by atoms with Crippen LogP contribution in [0, 0.1) is 0 Å². The van der Waals surface area contributed by atoms with Crippen LogP contribution in [0.15, 0.2) is 59.6 Å². The van der Waals surface area contributed by atoms with Crippen molar-refractivity contribution in [2.45, 2.75) is 18.2 Å². The smallest absolute Gasteiger partial charge is 0.335 e. The molecule has 0 amide bonds. The number of carboxylic acids is 1. The lowest BCUT2D eigenvalue weighted by Gasteiger charge is -2.13. The van der Waals surface area contributed by atoms with Gasteiger partial charge in [0.15, 0.2) is 0 Å². The van der Waals surface area contributed by atoms with E-state index in [1.165, 1.54) is 18.2 Å². The van der Waals surface area contributed by atoms with Gasteiger partial charge in [0, 0.05) is 11.6 Å². The fourth-order valence-corrected chi connectivity index (χ4v) is 4.02.